The third-order valence-corrected chi connectivity index (χ3v) is 29.8. The number of thiol groups is 1. The van der Waals surface area contributed by atoms with Gasteiger partial charge in [-0.3, -0.25) is 58.0 Å². The predicted molar refractivity (Wildman–Crippen MR) is 489 cm³/mol. The van der Waals surface area contributed by atoms with Crippen molar-refractivity contribution in [3.8, 4) is 19.5 Å². The Labute approximate surface area is 722 Å². The van der Waals surface area contributed by atoms with Gasteiger partial charge in [-0.1, -0.05) is 364 Å². The van der Waals surface area contributed by atoms with Gasteiger partial charge in [-0.15, -0.1) is 45.3 Å². The molecule has 8 heterocycles. The van der Waals surface area contributed by atoms with Gasteiger partial charge in [0.15, 0.2) is 0 Å². The number of imide groups is 4. The van der Waals surface area contributed by atoms with Crippen molar-refractivity contribution in [3.63, 3.8) is 0 Å². The summed E-state index contributed by atoms with van der Waals surface area (Å²) in [6.07, 6.45) is 62.7. The molecule has 4 aliphatic rings. The van der Waals surface area contributed by atoms with E-state index in [9.17, 15) is 38.4 Å². The van der Waals surface area contributed by atoms with Crippen LogP contribution in [0.1, 0.15) is 498 Å². The van der Waals surface area contributed by atoms with E-state index >= 15 is 0 Å². The monoisotopic (exact) mass is 1770 g/mol. The van der Waals surface area contributed by atoms with Crippen LogP contribution in [0.15, 0.2) is 22.6 Å². The van der Waals surface area contributed by atoms with Crippen LogP contribution in [0, 0.1) is 0 Å². The SMILES string of the molecule is CCCCCCCCC(CCCCCCCC)N1C(=O)c2c(Br)sc(-c3sc(Br)c4c3C(=O)N(C(CCCCCCCC)CCCCCCCC)C4=O)c2C1=O.CCCCCCCCC(CCCCCCCC)N1C(=O)c2csc(-c3scc4c3C(=O)N(C(CCCCCCCC)CCCCCCCC)C4=O)c2C1=O.[B]=NS. The standard InChI is InChI=1S/C46H70Br2N2O4S2.C46H72N2O4S2.BHNS/c1-5-9-13-17-21-25-29-33(30-26-22-18-14-10-6-2)49-43(51)35-37(45(49)53)41(47)55-39(35)40-36-38(42(48)56-40)46(54)50(44(36)52)34(31-27-23-19-15-11-7-3)32-28-24-20-16-12-8-4;1-5-9-13-17-21-25-29-35(30-26-22-18-14-10-6-2)47-43(49)37-33-53-41(39(37)45(47)51)42-40-38(34-54-42)44(50)48(46(40)52)36(31-27-23-19-15-11-7-3)32-28-24-20-16-12-8-4;1-2-3/h33-34H,5-32H2,1-4H3;33-36H,5-32H2,1-4H3;3H. The van der Waals surface area contributed by atoms with Crippen molar-refractivity contribution < 1.29 is 38.4 Å². The molecule has 21 heteroatoms. The van der Waals surface area contributed by atoms with Crippen molar-refractivity contribution in [1.82, 2.24) is 19.6 Å². The number of thiophene rings is 4. The van der Waals surface area contributed by atoms with Crippen molar-refractivity contribution in [2.75, 3.05) is 0 Å². The second kappa shape index (κ2) is 56.1. The number of rotatable bonds is 62. The first-order chi connectivity index (χ1) is 55.0. The van der Waals surface area contributed by atoms with Gasteiger partial charge in [0.1, 0.15) is 0 Å². The third kappa shape index (κ3) is 28.9. The van der Waals surface area contributed by atoms with Crippen LogP contribution in [0.4, 0.5) is 0 Å². The van der Waals surface area contributed by atoms with Crippen LogP contribution in [0.2, 0.25) is 0 Å². The number of amides is 8. The summed E-state index contributed by atoms with van der Waals surface area (Å²) in [4.78, 5) is 123. The molecule has 0 atom stereocenters. The number of unbranched alkanes of at least 4 members (excludes halogenated alkanes) is 40. The minimum atomic E-state index is -0.250. The van der Waals surface area contributed by atoms with Crippen LogP contribution in [0.3, 0.4) is 0 Å². The molecular weight excluding hydrogens is 1630 g/mol. The third-order valence-electron chi connectivity index (χ3n) is 23.8. The molecule has 631 valence electrons. The average Bonchev–Trinajstić information content (AvgIpc) is 1.56. The molecule has 0 N–H and O–H groups in total. The van der Waals surface area contributed by atoms with Crippen LogP contribution < -0.4 is 0 Å². The second-order valence-corrected chi connectivity index (χ2v) is 39.4. The fourth-order valence-electron chi connectivity index (χ4n) is 17.3. The summed E-state index contributed by atoms with van der Waals surface area (Å²) in [6.45, 7) is 17.8. The van der Waals surface area contributed by atoms with Gasteiger partial charge in [0, 0.05) is 34.9 Å². The van der Waals surface area contributed by atoms with Crippen molar-refractivity contribution >= 4 is 145 Å². The molecular formula is C92H143BBr2N5O8S5. The molecule has 13 nitrogen and oxygen atoms in total. The van der Waals surface area contributed by atoms with Gasteiger partial charge < -0.3 is 0 Å². The molecule has 113 heavy (non-hydrogen) atoms. The molecule has 0 bridgehead atoms. The molecule has 0 spiro atoms. The molecule has 0 fully saturated rings. The molecule has 8 rings (SSSR count). The predicted octanol–water partition coefficient (Wildman–Crippen LogP) is 30.5. The van der Waals surface area contributed by atoms with E-state index in [2.05, 4.69) is 112 Å². The summed E-state index contributed by atoms with van der Waals surface area (Å²) < 4.78 is 3.94. The molecule has 0 saturated heterocycles. The Bertz CT molecular complexity index is 3260. The summed E-state index contributed by atoms with van der Waals surface area (Å²) in [7, 11) is 4.34. The van der Waals surface area contributed by atoms with Gasteiger partial charge in [-0.2, -0.15) is 0 Å². The first-order valence-electron chi connectivity index (χ1n) is 45.5. The fourth-order valence-corrected chi connectivity index (χ4v) is 23.4. The van der Waals surface area contributed by atoms with E-state index in [4.69, 9.17) is 0 Å². The zero-order valence-corrected chi connectivity index (χ0v) is 78.3. The Kier molecular flexibility index (Phi) is 48.9. The Morgan fingerprint density at radius 2 is 0.442 bits per heavy atom. The Morgan fingerprint density at radius 1 is 0.274 bits per heavy atom. The first kappa shape index (κ1) is 98.4. The molecule has 8 amide bonds. The summed E-state index contributed by atoms with van der Waals surface area (Å²) in [6, 6.07) is -0.502. The van der Waals surface area contributed by atoms with Crippen molar-refractivity contribution in [2.45, 2.75) is 439 Å². The van der Waals surface area contributed by atoms with Crippen molar-refractivity contribution in [2.24, 2.45) is 4.30 Å². The minimum absolute atomic E-state index is 0.106. The topological polar surface area (TPSA) is 162 Å². The molecule has 4 aliphatic heterocycles. The number of fused-ring (bicyclic) bond motifs is 4. The molecule has 4 aromatic rings. The Morgan fingerprint density at radius 3 is 0.646 bits per heavy atom. The molecule has 0 saturated carbocycles. The van der Waals surface area contributed by atoms with Crippen LogP contribution in [-0.4, -0.2) is 98.7 Å². The van der Waals surface area contributed by atoms with E-state index in [-0.39, 0.29) is 71.4 Å². The van der Waals surface area contributed by atoms with Gasteiger partial charge in [0.25, 0.3) is 47.3 Å². The van der Waals surface area contributed by atoms with Gasteiger partial charge in [-0.25, -0.2) is 0 Å². The Hall–Kier alpha value is -3.47. The normalized spacial score (nSPS) is 13.9. The molecule has 0 aliphatic carbocycles. The molecule has 0 aromatic carbocycles. The summed E-state index contributed by atoms with van der Waals surface area (Å²) in [5, 5.41) is 3.64. The van der Waals surface area contributed by atoms with E-state index in [0.717, 1.165) is 154 Å². The first-order valence-corrected chi connectivity index (χ1v) is 50.9. The van der Waals surface area contributed by atoms with Gasteiger partial charge in [0.2, 0.25) is 0 Å². The maximum atomic E-state index is 14.6. The van der Waals surface area contributed by atoms with E-state index < -0.39 is 0 Å². The van der Waals surface area contributed by atoms with E-state index in [1.165, 1.54) is 251 Å². The maximum absolute atomic E-state index is 14.6. The van der Waals surface area contributed by atoms with Gasteiger partial charge in [0.05, 0.1) is 71.6 Å². The Balaban J connectivity index is 0.000000340. The zero-order chi connectivity index (χ0) is 81.9. The van der Waals surface area contributed by atoms with Crippen LogP contribution in [0.25, 0.3) is 19.5 Å². The van der Waals surface area contributed by atoms with Crippen LogP contribution >= 0.6 is 90.0 Å². The fraction of sp³-hybridized carbons (Fsp3) is 0.739. The number of carbonyl (C=O) groups is 8. The number of halogens is 2. The second-order valence-electron chi connectivity index (χ2n) is 32.7. The van der Waals surface area contributed by atoms with Crippen LogP contribution in [0.5, 0.6) is 0 Å². The van der Waals surface area contributed by atoms with E-state index in [1.54, 1.807) is 19.6 Å². The van der Waals surface area contributed by atoms with Gasteiger partial charge >= 0.3 is 24.8 Å². The zero-order valence-electron chi connectivity index (χ0n) is 71.0. The average molecular weight is 1780 g/mol. The molecule has 0 unspecified atom stereocenters. The summed E-state index contributed by atoms with van der Waals surface area (Å²) in [5.41, 5.74) is 3.46. The summed E-state index contributed by atoms with van der Waals surface area (Å²) in [5.74, 6) is -1.75. The number of hydrogen-bond donors (Lipinski definition) is 1. The van der Waals surface area contributed by atoms with Crippen LogP contribution in [-0.2, 0) is 0 Å². The quantitative estimate of drug-likeness (QED) is 0.0198. The van der Waals surface area contributed by atoms with Gasteiger partial charge in [-0.05, 0) is 83.2 Å². The van der Waals surface area contributed by atoms with E-state index in [0.29, 0.717) is 71.6 Å². The summed E-state index contributed by atoms with van der Waals surface area (Å²) >= 11 is 16.0. The number of carbonyl (C=O) groups excluding carboxylic acids is 8. The number of hydrogen-bond acceptors (Lipinski definition) is 14. The number of nitrogens with zero attached hydrogens (tertiary/aromatic N) is 5. The molecule has 4 aromatic heterocycles. The van der Waals surface area contributed by atoms with Crippen molar-refractivity contribution in [3.05, 3.63) is 62.8 Å². The van der Waals surface area contributed by atoms with E-state index in [1.807, 2.05) is 10.8 Å². The van der Waals surface area contributed by atoms with Crippen molar-refractivity contribution in [1.29, 1.82) is 0 Å². The molecule has 1 radical (unpaired) electrons.